The van der Waals surface area contributed by atoms with E-state index >= 15 is 0 Å². The van der Waals surface area contributed by atoms with E-state index in [-0.39, 0.29) is 12.5 Å². The molecule has 0 aliphatic heterocycles. The van der Waals surface area contributed by atoms with Gasteiger partial charge < -0.3 is 5.11 Å². The lowest BCUT2D eigenvalue weighted by Crippen LogP contribution is -2.10. The summed E-state index contributed by atoms with van der Waals surface area (Å²) in [5.41, 5.74) is 1.23. The standard InChI is InChI=1S/C15H18O/c1-11(2)15(10-16)14-8-7-12-5-3-4-6-13(12)9-14/h3-9,11,15-16H,10H2,1-2H3/t15-/m0/s1. The van der Waals surface area contributed by atoms with Crippen molar-refractivity contribution in [1.82, 2.24) is 0 Å². The summed E-state index contributed by atoms with van der Waals surface area (Å²) >= 11 is 0. The van der Waals surface area contributed by atoms with Crippen LogP contribution in [0.3, 0.4) is 0 Å². The average Bonchev–Trinajstić information content (AvgIpc) is 2.29. The molecule has 2 rings (SSSR count). The van der Waals surface area contributed by atoms with Crippen molar-refractivity contribution in [1.29, 1.82) is 0 Å². The van der Waals surface area contributed by atoms with E-state index in [2.05, 4.69) is 50.2 Å². The van der Waals surface area contributed by atoms with Crippen LogP contribution < -0.4 is 0 Å². The van der Waals surface area contributed by atoms with Crippen molar-refractivity contribution in [2.75, 3.05) is 6.61 Å². The molecule has 1 atom stereocenters. The number of rotatable bonds is 3. The summed E-state index contributed by atoms with van der Waals surface area (Å²) in [6.45, 7) is 4.52. The van der Waals surface area contributed by atoms with E-state index in [0.717, 1.165) is 0 Å². The Hall–Kier alpha value is -1.34. The number of fused-ring (bicyclic) bond motifs is 1. The van der Waals surface area contributed by atoms with E-state index in [1.165, 1.54) is 16.3 Å². The highest BCUT2D eigenvalue weighted by molar-refractivity contribution is 5.83. The number of hydrogen-bond donors (Lipinski definition) is 1. The number of aliphatic hydroxyl groups is 1. The van der Waals surface area contributed by atoms with Crippen LogP contribution in [0.1, 0.15) is 25.3 Å². The average molecular weight is 214 g/mol. The third kappa shape index (κ3) is 2.10. The maximum absolute atomic E-state index is 9.42. The molecule has 2 aromatic carbocycles. The molecule has 0 aliphatic carbocycles. The van der Waals surface area contributed by atoms with Crippen LogP contribution in [0.4, 0.5) is 0 Å². The van der Waals surface area contributed by atoms with E-state index in [4.69, 9.17) is 0 Å². The molecule has 0 radical (unpaired) electrons. The second kappa shape index (κ2) is 4.67. The Kier molecular flexibility index (Phi) is 3.25. The summed E-state index contributed by atoms with van der Waals surface area (Å²) < 4.78 is 0. The molecule has 2 aromatic rings. The van der Waals surface area contributed by atoms with Gasteiger partial charge in [0, 0.05) is 5.92 Å². The molecular formula is C15H18O. The van der Waals surface area contributed by atoms with E-state index in [0.29, 0.717) is 5.92 Å². The predicted octanol–water partition coefficient (Wildman–Crippen LogP) is 3.57. The van der Waals surface area contributed by atoms with Crippen molar-refractivity contribution in [3.05, 3.63) is 48.0 Å². The zero-order valence-corrected chi connectivity index (χ0v) is 9.85. The maximum atomic E-state index is 9.42. The van der Waals surface area contributed by atoms with Crippen molar-refractivity contribution in [3.63, 3.8) is 0 Å². The van der Waals surface area contributed by atoms with Gasteiger partial charge in [-0.2, -0.15) is 0 Å². The lowest BCUT2D eigenvalue weighted by Gasteiger charge is -2.19. The van der Waals surface area contributed by atoms with Gasteiger partial charge in [0.15, 0.2) is 0 Å². The molecule has 0 saturated carbocycles. The van der Waals surface area contributed by atoms with E-state index < -0.39 is 0 Å². The van der Waals surface area contributed by atoms with Crippen LogP contribution >= 0.6 is 0 Å². The first-order valence-electron chi connectivity index (χ1n) is 5.82. The second-order valence-corrected chi connectivity index (χ2v) is 4.64. The molecule has 0 saturated heterocycles. The van der Waals surface area contributed by atoms with Crippen LogP contribution in [-0.4, -0.2) is 11.7 Å². The third-order valence-electron chi connectivity index (χ3n) is 3.20. The highest BCUT2D eigenvalue weighted by atomic mass is 16.3. The van der Waals surface area contributed by atoms with E-state index in [1.807, 2.05) is 6.07 Å². The highest BCUT2D eigenvalue weighted by Gasteiger charge is 2.14. The number of benzene rings is 2. The Bertz CT molecular complexity index is 474. The second-order valence-electron chi connectivity index (χ2n) is 4.64. The molecule has 1 nitrogen and oxygen atoms in total. The van der Waals surface area contributed by atoms with Crippen molar-refractivity contribution < 1.29 is 5.11 Å². The van der Waals surface area contributed by atoms with E-state index in [9.17, 15) is 5.11 Å². The summed E-state index contributed by atoms with van der Waals surface area (Å²) in [4.78, 5) is 0. The first-order chi connectivity index (χ1) is 7.72. The Balaban J connectivity index is 2.45. The molecule has 0 unspecified atom stereocenters. The molecule has 16 heavy (non-hydrogen) atoms. The molecule has 1 heteroatoms. The zero-order valence-electron chi connectivity index (χ0n) is 9.85. The van der Waals surface area contributed by atoms with Crippen molar-refractivity contribution in [2.45, 2.75) is 19.8 Å². The molecule has 0 amide bonds. The van der Waals surface area contributed by atoms with Crippen LogP contribution in [0.15, 0.2) is 42.5 Å². The minimum atomic E-state index is 0.218. The first-order valence-corrected chi connectivity index (χ1v) is 5.82. The van der Waals surface area contributed by atoms with Crippen molar-refractivity contribution in [3.8, 4) is 0 Å². The van der Waals surface area contributed by atoms with E-state index in [1.54, 1.807) is 0 Å². The fraction of sp³-hybridized carbons (Fsp3) is 0.333. The fourth-order valence-electron chi connectivity index (χ4n) is 2.14. The van der Waals surface area contributed by atoms with Gasteiger partial charge in [0.1, 0.15) is 0 Å². The Morgan fingerprint density at radius 2 is 1.69 bits per heavy atom. The summed E-state index contributed by atoms with van der Waals surface area (Å²) in [6.07, 6.45) is 0. The van der Waals surface area contributed by atoms with Gasteiger partial charge in [0.05, 0.1) is 6.61 Å². The van der Waals surface area contributed by atoms with Gasteiger partial charge in [-0.1, -0.05) is 56.3 Å². The summed E-state index contributed by atoms with van der Waals surface area (Å²) in [7, 11) is 0. The van der Waals surface area contributed by atoms with Gasteiger partial charge in [-0.25, -0.2) is 0 Å². The highest BCUT2D eigenvalue weighted by Crippen LogP contribution is 2.26. The molecule has 0 bridgehead atoms. The smallest absolute Gasteiger partial charge is 0.0502 e. The Labute approximate surface area is 96.7 Å². The molecule has 0 fully saturated rings. The van der Waals surface area contributed by atoms with Crippen LogP contribution in [0, 0.1) is 5.92 Å². The molecule has 0 aromatic heterocycles. The van der Waals surface area contributed by atoms with Gasteiger partial charge in [-0.05, 0) is 22.3 Å². The van der Waals surface area contributed by atoms with Crippen LogP contribution in [0.5, 0.6) is 0 Å². The van der Waals surface area contributed by atoms with Gasteiger partial charge in [-0.3, -0.25) is 0 Å². The quantitative estimate of drug-likeness (QED) is 0.828. The minimum Gasteiger partial charge on any atom is -0.396 e. The summed E-state index contributed by atoms with van der Waals surface area (Å²) in [5, 5.41) is 11.9. The normalized spacial score (nSPS) is 13.2. The minimum absolute atomic E-state index is 0.218. The third-order valence-corrected chi connectivity index (χ3v) is 3.20. The molecule has 1 N–H and O–H groups in total. The molecule has 0 spiro atoms. The SMILES string of the molecule is CC(C)[C@H](CO)c1ccc2ccccc2c1. The van der Waals surface area contributed by atoms with Gasteiger partial charge in [0.2, 0.25) is 0 Å². The monoisotopic (exact) mass is 214 g/mol. The topological polar surface area (TPSA) is 20.2 Å². The van der Waals surface area contributed by atoms with Crippen LogP contribution in [0.25, 0.3) is 10.8 Å². The molecule has 84 valence electrons. The number of hydrogen-bond acceptors (Lipinski definition) is 1. The molecule has 0 heterocycles. The Morgan fingerprint density at radius 1 is 1.00 bits per heavy atom. The lowest BCUT2D eigenvalue weighted by atomic mass is 9.88. The number of aliphatic hydroxyl groups excluding tert-OH is 1. The lowest BCUT2D eigenvalue weighted by molar-refractivity contribution is 0.237. The predicted molar refractivity (Wildman–Crippen MR) is 68.6 cm³/mol. The largest absolute Gasteiger partial charge is 0.396 e. The zero-order chi connectivity index (χ0) is 11.5. The molecular weight excluding hydrogens is 196 g/mol. The first kappa shape index (κ1) is 11.2. The molecule has 0 aliphatic rings. The van der Waals surface area contributed by atoms with Gasteiger partial charge in [-0.15, -0.1) is 0 Å². The maximum Gasteiger partial charge on any atom is 0.0502 e. The van der Waals surface area contributed by atoms with Gasteiger partial charge >= 0.3 is 0 Å². The van der Waals surface area contributed by atoms with Crippen molar-refractivity contribution in [2.24, 2.45) is 5.92 Å². The van der Waals surface area contributed by atoms with Crippen LogP contribution in [0.2, 0.25) is 0 Å². The summed E-state index contributed by atoms with van der Waals surface area (Å²) in [6, 6.07) is 14.8. The Morgan fingerprint density at radius 3 is 2.31 bits per heavy atom. The fourth-order valence-corrected chi connectivity index (χ4v) is 2.14. The van der Waals surface area contributed by atoms with Crippen LogP contribution in [-0.2, 0) is 0 Å². The summed E-state index contributed by atoms with van der Waals surface area (Å²) in [5.74, 6) is 0.704. The van der Waals surface area contributed by atoms with Gasteiger partial charge in [0.25, 0.3) is 0 Å². The van der Waals surface area contributed by atoms with Crippen molar-refractivity contribution >= 4 is 10.8 Å².